The van der Waals surface area contributed by atoms with Crippen LogP contribution >= 0.6 is 0 Å². The summed E-state index contributed by atoms with van der Waals surface area (Å²) in [5.41, 5.74) is 3.41. The summed E-state index contributed by atoms with van der Waals surface area (Å²) >= 11 is 0. The Kier molecular flexibility index (Phi) is 4.87. The van der Waals surface area contributed by atoms with Crippen molar-refractivity contribution in [2.75, 3.05) is 10.6 Å². The van der Waals surface area contributed by atoms with Crippen LogP contribution in [0.2, 0.25) is 0 Å². The molecule has 2 N–H and O–H groups in total. The number of carbonyl (C=O) groups is 1. The zero-order chi connectivity index (χ0) is 16.8. The van der Waals surface area contributed by atoms with Gasteiger partial charge in [0, 0.05) is 17.1 Å². The standard InChI is InChI=1S/C20H17FN2O/c21-16-8-12-19(13-9-16)22-18-10-6-15(7-11-18)14-20(24)23-17-4-2-1-3-5-17/h1-13,22H,14H2,(H,23,24). The molecule has 0 atom stereocenters. The van der Waals surface area contributed by atoms with Gasteiger partial charge in [0.2, 0.25) is 5.91 Å². The molecule has 3 aromatic rings. The zero-order valence-electron chi connectivity index (χ0n) is 13.0. The summed E-state index contributed by atoms with van der Waals surface area (Å²) in [5.74, 6) is -0.319. The summed E-state index contributed by atoms with van der Waals surface area (Å²) in [6.07, 6.45) is 0.311. The molecule has 0 saturated heterocycles. The first-order valence-electron chi connectivity index (χ1n) is 7.65. The van der Waals surface area contributed by atoms with Crippen LogP contribution in [-0.4, -0.2) is 5.91 Å². The third kappa shape index (κ3) is 4.43. The largest absolute Gasteiger partial charge is 0.356 e. The molecule has 24 heavy (non-hydrogen) atoms. The van der Waals surface area contributed by atoms with E-state index < -0.39 is 0 Å². The summed E-state index contributed by atoms with van der Waals surface area (Å²) in [5, 5.41) is 6.04. The van der Waals surface area contributed by atoms with E-state index in [1.54, 1.807) is 12.1 Å². The second-order valence-corrected chi connectivity index (χ2v) is 5.42. The number of amides is 1. The second-order valence-electron chi connectivity index (χ2n) is 5.42. The molecule has 1 amide bonds. The number of hydrogen-bond donors (Lipinski definition) is 2. The van der Waals surface area contributed by atoms with Crippen LogP contribution in [0.4, 0.5) is 21.5 Å². The SMILES string of the molecule is O=C(Cc1ccc(Nc2ccc(F)cc2)cc1)Nc1ccccc1. The summed E-state index contributed by atoms with van der Waals surface area (Å²) in [6.45, 7) is 0. The third-order valence-corrected chi connectivity index (χ3v) is 3.51. The Morgan fingerprint density at radius 1 is 0.750 bits per heavy atom. The predicted molar refractivity (Wildman–Crippen MR) is 94.9 cm³/mol. The van der Waals surface area contributed by atoms with E-state index in [2.05, 4.69) is 10.6 Å². The molecule has 3 nitrogen and oxygen atoms in total. The van der Waals surface area contributed by atoms with Gasteiger partial charge in [0.25, 0.3) is 0 Å². The van der Waals surface area contributed by atoms with Crippen LogP contribution in [0, 0.1) is 5.82 Å². The summed E-state index contributed by atoms with van der Waals surface area (Å²) in [7, 11) is 0. The fourth-order valence-electron chi connectivity index (χ4n) is 2.32. The van der Waals surface area contributed by atoms with E-state index >= 15 is 0 Å². The quantitative estimate of drug-likeness (QED) is 0.712. The molecule has 0 radical (unpaired) electrons. The van der Waals surface area contributed by atoms with E-state index in [1.807, 2.05) is 54.6 Å². The molecule has 0 aliphatic rings. The molecule has 0 unspecified atom stereocenters. The highest BCUT2D eigenvalue weighted by molar-refractivity contribution is 5.92. The van der Waals surface area contributed by atoms with Gasteiger partial charge in [-0.3, -0.25) is 4.79 Å². The number of nitrogens with one attached hydrogen (secondary N) is 2. The maximum Gasteiger partial charge on any atom is 0.228 e. The molecule has 0 heterocycles. The molecular weight excluding hydrogens is 303 g/mol. The minimum Gasteiger partial charge on any atom is -0.356 e. The molecular formula is C20H17FN2O. The van der Waals surface area contributed by atoms with Crippen molar-refractivity contribution in [1.29, 1.82) is 0 Å². The molecule has 0 aliphatic heterocycles. The van der Waals surface area contributed by atoms with Crippen LogP contribution in [0.1, 0.15) is 5.56 Å². The first kappa shape index (κ1) is 15.7. The van der Waals surface area contributed by atoms with Crippen molar-refractivity contribution < 1.29 is 9.18 Å². The van der Waals surface area contributed by atoms with Gasteiger partial charge < -0.3 is 10.6 Å². The van der Waals surface area contributed by atoms with Crippen LogP contribution in [0.3, 0.4) is 0 Å². The monoisotopic (exact) mass is 320 g/mol. The lowest BCUT2D eigenvalue weighted by Crippen LogP contribution is -2.14. The Morgan fingerprint density at radius 2 is 1.33 bits per heavy atom. The first-order chi connectivity index (χ1) is 11.7. The molecule has 0 aliphatic carbocycles. The van der Waals surface area contributed by atoms with Crippen molar-refractivity contribution in [3.05, 3.63) is 90.2 Å². The van der Waals surface area contributed by atoms with E-state index in [-0.39, 0.29) is 11.7 Å². The van der Waals surface area contributed by atoms with Gasteiger partial charge in [-0.1, -0.05) is 30.3 Å². The lowest BCUT2D eigenvalue weighted by molar-refractivity contribution is -0.115. The van der Waals surface area contributed by atoms with E-state index in [9.17, 15) is 9.18 Å². The lowest BCUT2D eigenvalue weighted by Gasteiger charge is -2.08. The number of carbonyl (C=O) groups excluding carboxylic acids is 1. The van der Waals surface area contributed by atoms with Gasteiger partial charge in [0.1, 0.15) is 5.82 Å². The maximum absolute atomic E-state index is 12.9. The molecule has 3 aromatic carbocycles. The van der Waals surface area contributed by atoms with E-state index in [4.69, 9.17) is 0 Å². The smallest absolute Gasteiger partial charge is 0.228 e. The summed E-state index contributed by atoms with van der Waals surface area (Å²) in [4.78, 5) is 12.0. The van der Waals surface area contributed by atoms with Crippen molar-refractivity contribution in [2.45, 2.75) is 6.42 Å². The molecule has 0 fully saturated rings. The van der Waals surface area contributed by atoms with Gasteiger partial charge in [-0.05, 0) is 54.1 Å². The van der Waals surface area contributed by atoms with Crippen molar-refractivity contribution in [2.24, 2.45) is 0 Å². The average Bonchev–Trinajstić information content (AvgIpc) is 2.59. The number of para-hydroxylation sites is 1. The van der Waals surface area contributed by atoms with Crippen LogP contribution in [-0.2, 0) is 11.2 Å². The Bertz CT molecular complexity index is 799. The van der Waals surface area contributed by atoms with Gasteiger partial charge in [0.05, 0.1) is 6.42 Å². The highest BCUT2D eigenvalue weighted by atomic mass is 19.1. The molecule has 0 saturated carbocycles. The van der Waals surface area contributed by atoms with Gasteiger partial charge in [-0.2, -0.15) is 0 Å². The van der Waals surface area contributed by atoms with Crippen LogP contribution < -0.4 is 10.6 Å². The third-order valence-electron chi connectivity index (χ3n) is 3.51. The molecule has 0 bridgehead atoms. The van der Waals surface area contributed by atoms with Crippen molar-refractivity contribution in [3.8, 4) is 0 Å². The van der Waals surface area contributed by atoms with Crippen LogP contribution in [0.5, 0.6) is 0 Å². The van der Waals surface area contributed by atoms with Gasteiger partial charge in [-0.15, -0.1) is 0 Å². The fraction of sp³-hybridized carbons (Fsp3) is 0.0500. The van der Waals surface area contributed by atoms with Crippen LogP contribution in [0.25, 0.3) is 0 Å². The molecule has 3 rings (SSSR count). The summed E-state index contributed by atoms with van der Waals surface area (Å²) in [6, 6.07) is 23.1. The zero-order valence-corrected chi connectivity index (χ0v) is 13.0. The normalized spacial score (nSPS) is 10.2. The van der Waals surface area contributed by atoms with E-state index in [1.165, 1.54) is 12.1 Å². The number of benzene rings is 3. The molecule has 120 valence electrons. The Hall–Kier alpha value is -3.14. The average molecular weight is 320 g/mol. The Balaban J connectivity index is 1.58. The topological polar surface area (TPSA) is 41.1 Å². The van der Waals surface area contributed by atoms with Gasteiger partial charge in [-0.25, -0.2) is 4.39 Å². The minimum atomic E-state index is -0.264. The maximum atomic E-state index is 12.9. The first-order valence-corrected chi connectivity index (χ1v) is 7.65. The summed E-state index contributed by atoms with van der Waals surface area (Å²) < 4.78 is 12.9. The molecule has 0 spiro atoms. The number of hydrogen-bond acceptors (Lipinski definition) is 2. The highest BCUT2D eigenvalue weighted by Crippen LogP contribution is 2.18. The minimum absolute atomic E-state index is 0.0551. The fourth-order valence-corrected chi connectivity index (χ4v) is 2.32. The molecule has 0 aromatic heterocycles. The Labute approximate surface area is 140 Å². The van der Waals surface area contributed by atoms with Crippen molar-refractivity contribution >= 4 is 23.0 Å². The van der Waals surface area contributed by atoms with Gasteiger partial charge in [0.15, 0.2) is 0 Å². The second kappa shape index (κ2) is 7.42. The lowest BCUT2D eigenvalue weighted by atomic mass is 10.1. The van der Waals surface area contributed by atoms with Crippen LogP contribution in [0.15, 0.2) is 78.9 Å². The highest BCUT2D eigenvalue weighted by Gasteiger charge is 2.04. The van der Waals surface area contributed by atoms with E-state index in [0.29, 0.717) is 6.42 Å². The van der Waals surface area contributed by atoms with Crippen molar-refractivity contribution in [3.63, 3.8) is 0 Å². The molecule has 4 heteroatoms. The number of halogens is 1. The number of anilines is 3. The van der Waals surface area contributed by atoms with Crippen molar-refractivity contribution in [1.82, 2.24) is 0 Å². The Morgan fingerprint density at radius 3 is 1.96 bits per heavy atom. The number of rotatable bonds is 5. The van der Waals surface area contributed by atoms with E-state index in [0.717, 1.165) is 22.6 Å². The predicted octanol–water partition coefficient (Wildman–Crippen LogP) is 4.75. The van der Waals surface area contributed by atoms with Gasteiger partial charge >= 0.3 is 0 Å².